The second-order valence-electron chi connectivity index (χ2n) is 21.1. The van der Waals surface area contributed by atoms with E-state index in [4.69, 9.17) is 23.7 Å². The molecule has 0 atom stereocenters. The van der Waals surface area contributed by atoms with Gasteiger partial charge >= 0.3 is 0 Å². The van der Waals surface area contributed by atoms with E-state index < -0.39 is 0 Å². The topological polar surface area (TPSA) is 46.2 Å². The second kappa shape index (κ2) is 54.6. The molecule has 0 aromatic carbocycles. The number of hydrogen-bond acceptors (Lipinski definition) is 7. The second-order valence-corrected chi connectivity index (χ2v) is 24.3. The number of rotatable bonds is 24. The van der Waals surface area contributed by atoms with Crippen LogP contribution in [-0.2, 0) is 23.7 Å². The van der Waals surface area contributed by atoms with Gasteiger partial charge in [0.15, 0.2) is 0 Å². The van der Waals surface area contributed by atoms with Gasteiger partial charge in [-0.05, 0) is 109 Å². The summed E-state index contributed by atoms with van der Waals surface area (Å²) in [6.07, 6.45) is 0.773. The molecule has 368 valence electrons. The molecular weight excluding hydrogens is 769 g/mol. The highest BCUT2D eigenvalue weighted by Crippen LogP contribution is 2.13. The molecule has 0 amide bonds. The fourth-order valence-corrected chi connectivity index (χ4v) is 4.70. The van der Waals surface area contributed by atoms with Gasteiger partial charge in [0.2, 0.25) is 0 Å². The summed E-state index contributed by atoms with van der Waals surface area (Å²) in [5, 5.41) is 1.61. The van der Waals surface area contributed by atoms with Crippen LogP contribution in [-0.4, -0.2) is 87.1 Å². The van der Waals surface area contributed by atoms with Crippen molar-refractivity contribution in [3.63, 3.8) is 0 Å². The Kier molecular flexibility index (Phi) is 68.4. The van der Waals surface area contributed by atoms with E-state index in [1.165, 1.54) is 11.5 Å². The summed E-state index contributed by atoms with van der Waals surface area (Å²) < 4.78 is 26.7. The molecule has 0 saturated carbocycles. The molecule has 0 fully saturated rings. The number of thioether (sulfide) groups is 2. The smallest absolute Gasteiger partial charge is 0.0518 e. The molecule has 0 radical (unpaired) electrons. The maximum atomic E-state index is 5.36. The Bertz CT molecular complexity index is 540. The molecule has 0 aromatic heterocycles. The van der Waals surface area contributed by atoms with Gasteiger partial charge < -0.3 is 23.7 Å². The average molecular weight is 888 g/mol. The van der Waals surface area contributed by atoms with Crippen LogP contribution in [0, 0.1) is 59.2 Å². The van der Waals surface area contributed by atoms with Gasteiger partial charge in [-0.15, -0.1) is 0 Å². The zero-order valence-corrected chi connectivity index (χ0v) is 47.6. The van der Waals surface area contributed by atoms with Gasteiger partial charge in [-0.25, -0.2) is 0 Å². The van der Waals surface area contributed by atoms with Crippen molar-refractivity contribution in [2.24, 2.45) is 59.2 Å². The number of ether oxygens (including phenoxy) is 5. The Labute approximate surface area is 385 Å². The van der Waals surface area contributed by atoms with Crippen LogP contribution >= 0.6 is 23.5 Å². The van der Waals surface area contributed by atoms with E-state index in [-0.39, 0.29) is 0 Å². The molecule has 59 heavy (non-hydrogen) atoms. The van der Waals surface area contributed by atoms with E-state index in [1.807, 2.05) is 23.5 Å². The summed E-state index contributed by atoms with van der Waals surface area (Å²) in [7, 11) is 0. The molecule has 0 saturated heterocycles. The minimum atomic E-state index is 0.386. The highest BCUT2D eigenvalue weighted by molar-refractivity contribution is 8.00. The van der Waals surface area contributed by atoms with Crippen LogP contribution in [0.4, 0.5) is 0 Å². The Balaban J connectivity index is -0.000000107. The molecular formula is C52H118O5S2. The van der Waals surface area contributed by atoms with Crippen LogP contribution in [0.3, 0.4) is 0 Å². The highest BCUT2D eigenvalue weighted by Gasteiger charge is 1.99. The van der Waals surface area contributed by atoms with Crippen molar-refractivity contribution >= 4 is 23.5 Å². The quantitative estimate of drug-likeness (QED) is 0.0957. The SMILES string of the molecule is CC(C)COC(C)C.CC(C)COC(C)C.CC(C)COCC(C)C.CC(C)COCC(C)C.CC(C)COCC(C)C.CC(C)CSC(C)C.CC(C)CSC(C)C. The molecule has 0 aromatic rings. The molecule has 0 aliphatic heterocycles. The third kappa shape index (κ3) is 126. The van der Waals surface area contributed by atoms with Crippen molar-refractivity contribution in [3.8, 4) is 0 Å². The molecule has 0 heterocycles. The molecule has 0 spiro atoms. The van der Waals surface area contributed by atoms with Crippen molar-refractivity contribution in [1.82, 2.24) is 0 Å². The van der Waals surface area contributed by atoms with Crippen molar-refractivity contribution in [2.45, 2.75) is 217 Å². The summed E-state index contributed by atoms with van der Waals surface area (Å²) in [5.41, 5.74) is 0. The van der Waals surface area contributed by atoms with E-state index in [9.17, 15) is 0 Å². The molecule has 0 N–H and O–H groups in total. The first kappa shape index (κ1) is 73.9. The zero-order chi connectivity index (χ0) is 48.1. The molecule has 0 unspecified atom stereocenters. The van der Waals surface area contributed by atoms with Gasteiger partial charge in [0.1, 0.15) is 0 Å². The van der Waals surface area contributed by atoms with E-state index in [0.29, 0.717) is 59.6 Å². The van der Waals surface area contributed by atoms with Crippen molar-refractivity contribution < 1.29 is 23.7 Å². The summed E-state index contributed by atoms with van der Waals surface area (Å²) in [5.74, 6) is 9.65. The van der Waals surface area contributed by atoms with Crippen molar-refractivity contribution in [1.29, 1.82) is 0 Å². The Morgan fingerprint density at radius 2 is 0.407 bits per heavy atom. The van der Waals surface area contributed by atoms with Gasteiger partial charge in [-0.1, -0.05) is 166 Å². The monoisotopic (exact) mass is 887 g/mol. The predicted molar refractivity (Wildman–Crippen MR) is 278 cm³/mol. The summed E-state index contributed by atoms with van der Waals surface area (Å²) in [6.45, 7) is 68.0. The molecule has 0 rings (SSSR count). The molecule has 5 nitrogen and oxygen atoms in total. The normalized spacial score (nSPS) is 11.3. The Morgan fingerprint density at radius 3 is 0.475 bits per heavy atom. The van der Waals surface area contributed by atoms with Gasteiger partial charge in [-0.2, -0.15) is 23.5 Å². The third-order valence-electron chi connectivity index (χ3n) is 5.76. The fourth-order valence-electron chi connectivity index (χ4n) is 3.16. The lowest BCUT2D eigenvalue weighted by atomic mass is 10.2. The van der Waals surface area contributed by atoms with E-state index in [0.717, 1.165) is 75.2 Å². The lowest BCUT2D eigenvalue weighted by Crippen LogP contribution is -2.08. The Hall–Kier alpha value is 0.500. The molecule has 0 aliphatic carbocycles. The van der Waals surface area contributed by atoms with E-state index in [1.54, 1.807) is 0 Å². The predicted octanol–water partition coefficient (Wildman–Crippen LogP) is 16.6. The first-order chi connectivity index (χ1) is 26.9. The number of hydrogen-bond donors (Lipinski definition) is 0. The van der Waals surface area contributed by atoms with Crippen LogP contribution in [0.15, 0.2) is 0 Å². The van der Waals surface area contributed by atoms with Crippen LogP contribution < -0.4 is 0 Å². The largest absolute Gasteiger partial charge is 0.381 e. The van der Waals surface area contributed by atoms with Crippen LogP contribution in [0.5, 0.6) is 0 Å². The Morgan fingerprint density at radius 1 is 0.237 bits per heavy atom. The van der Waals surface area contributed by atoms with Crippen LogP contribution in [0.25, 0.3) is 0 Å². The lowest BCUT2D eigenvalue weighted by Gasteiger charge is -2.08. The summed E-state index contributed by atoms with van der Waals surface area (Å²) in [6, 6.07) is 0. The fraction of sp³-hybridized carbons (Fsp3) is 1.00. The molecule has 7 heteroatoms. The van der Waals surface area contributed by atoms with Crippen molar-refractivity contribution in [2.75, 3.05) is 64.4 Å². The van der Waals surface area contributed by atoms with Crippen LogP contribution in [0.2, 0.25) is 0 Å². The highest BCUT2D eigenvalue weighted by atomic mass is 32.2. The van der Waals surface area contributed by atoms with Crippen molar-refractivity contribution in [3.05, 3.63) is 0 Å². The summed E-state index contributed by atoms with van der Waals surface area (Å²) in [4.78, 5) is 0. The lowest BCUT2D eigenvalue weighted by molar-refractivity contribution is 0.0591. The van der Waals surface area contributed by atoms with Gasteiger partial charge in [0.25, 0.3) is 0 Å². The van der Waals surface area contributed by atoms with E-state index in [2.05, 4.69) is 194 Å². The van der Waals surface area contributed by atoms with Crippen LogP contribution in [0.1, 0.15) is 194 Å². The van der Waals surface area contributed by atoms with Gasteiger partial charge in [0.05, 0.1) is 12.2 Å². The minimum absolute atomic E-state index is 0.386. The molecule has 0 aliphatic rings. The van der Waals surface area contributed by atoms with E-state index >= 15 is 0 Å². The first-order valence-electron chi connectivity index (χ1n) is 24.1. The van der Waals surface area contributed by atoms with Gasteiger partial charge in [0, 0.05) is 52.9 Å². The first-order valence-corrected chi connectivity index (χ1v) is 26.2. The minimum Gasteiger partial charge on any atom is -0.381 e. The third-order valence-corrected chi connectivity index (χ3v) is 8.81. The standard InChI is InChI=1S/3C8H18O.2C7H16O.2C7H16S/c3*1-7(2)5-9-6-8(3)4;4*1-6(2)5-8-7(3)4/h3*7-8H,5-6H2,1-4H3;4*6-7H,5H2,1-4H3. The average Bonchev–Trinajstić information content (AvgIpc) is 3.05. The molecule has 0 bridgehead atoms. The maximum absolute atomic E-state index is 5.36. The van der Waals surface area contributed by atoms with Gasteiger partial charge in [-0.3, -0.25) is 0 Å². The zero-order valence-electron chi connectivity index (χ0n) is 46.0. The summed E-state index contributed by atoms with van der Waals surface area (Å²) >= 11 is 4.08. The maximum Gasteiger partial charge on any atom is 0.0518 e.